The second-order valence-corrected chi connectivity index (χ2v) is 8.43. The molecule has 0 fully saturated rings. The highest BCUT2D eigenvalue weighted by atomic mass is 19.4. The van der Waals surface area contributed by atoms with Crippen molar-refractivity contribution in [1.29, 1.82) is 0 Å². The van der Waals surface area contributed by atoms with Crippen molar-refractivity contribution in [3.63, 3.8) is 0 Å². The Morgan fingerprint density at radius 3 is 2.24 bits per heavy atom. The average Bonchev–Trinajstić information content (AvgIpc) is 2.86. The summed E-state index contributed by atoms with van der Waals surface area (Å²) in [5.74, 6) is 0. The van der Waals surface area contributed by atoms with Crippen LogP contribution in [0, 0.1) is 0 Å². The monoisotopic (exact) mass is 456 g/mol. The van der Waals surface area contributed by atoms with E-state index < -0.39 is 11.7 Å². The lowest BCUT2D eigenvalue weighted by Gasteiger charge is -2.17. The maximum Gasteiger partial charge on any atom is 0.416 e. The van der Waals surface area contributed by atoms with Gasteiger partial charge in [0.2, 0.25) is 0 Å². The molecule has 5 heteroatoms. The van der Waals surface area contributed by atoms with Gasteiger partial charge in [-0.3, -0.25) is 4.98 Å². The van der Waals surface area contributed by atoms with Crippen LogP contribution in [0.25, 0.3) is 32.8 Å². The van der Waals surface area contributed by atoms with Crippen LogP contribution in [-0.2, 0) is 12.7 Å². The van der Waals surface area contributed by atoms with E-state index in [4.69, 9.17) is 4.98 Å². The number of fused-ring (bicyclic) bond motifs is 2. The Hall–Kier alpha value is -3.70. The minimum absolute atomic E-state index is 0.0585. The van der Waals surface area contributed by atoms with E-state index in [9.17, 15) is 13.2 Å². The maximum absolute atomic E-state index is 13.0. The van der Waals surface area contributed by atoms with E-state index in [-0.39, 0.29) is 6.04 Å². The molecule has 0 bridgehead atoms. The van der Waals surface area contributed by atoms with Crippen LogP contribution in [0.5, 0.6) is 0 Å². The Morgan fingerprint density at radius 2 is 1.47 bits per heavy atom. The van der Waals surface area contributed by atoms with Crippen LogP contribution >= 0.6 is 0 Å². The third-order valence-electron chi connectivity index (χ3n) is 6.18. The van der Waals surface area contributed by atoms with Gasteiger partial charge in [0.15, 0.2) is 0 Å². The predicted molar refractivity (Wildman–Crippen MR) is 131 cm³/mol. The van der Waals surface area contributed by atoms with E-state index in [0.717, 1.165) is 39.9 Å². The molecule has 1 unspecified atom stereocenters. The third-order valence-corrected chi connectivity index (χ3v) is 6.18. The molecule has 0 saturated heterocycles. The van der Waals surface area contributed by atoms with Gasteiger partial charge in [0, 0.05) is 18.0 Å². The molecule has 1 N–H and O–H groups in total. The average molecular weight is 457 g/mol. The van der Waals surface area contributed by atoms with Gasteiger partial charge >= 0.3 is 6.18 Å². The highest BCUT2D eigenvalue weighted by Gasteiger charge is 2.30. The van der Waals surface area contributed by atoms with Gasteiger partial charge in [0.1, 0.15) is 0 Å². The fraction of sp³-hybridized carbons (Fsp3) is 0.138. The summed E-state index contributed by atoms with van der Waals surface area (Å²) in [5.41, 5.74) is 3.80. The van der Waals surface area contributed by atoms with Gasteiger partial charge in [-0.15, -0.1) is 0 Å². The molecule has 1 atom stereocenters. The molecule has 0 radical (unpaired) electrons. The topological polar surface area (TPSA) is 24.9 Å². The number of nitrogens with one attached hydrogen (secondary N) is 1. The molecule has 4 aromatic carbocycles. The molecule has 34 heavy (non-hydrogen) atoms. The van der Waals surface area contributed by atoms with Crippen molar-refractivity contribution in [1.82, 2.24) is 10.3 Å². The summed E-state index contributed by atoms with van der Waals surface area (Å²) in [5, 5.41) is 6.88. The van der Waals surface area contributed by atoms with Crippen LogP contribution in [-0.4, -0.2) is 4.98 Å². The molecular formula is C29H23F3N2. The number of hydrogen-bond acceptors (Lipinski definition) is 2. The van der Waals surface area contributed by atoms with E-state index in [1.54, 1.807) is 0 Å². The van der Waals surface area contributed by atoms with E-state index in [1.165, 1.54) is 28.5 Å². The van der Waals surface area contributed by atoms with Gasteiger partial charge < -0.3 is 5.32 Å². The molecule has 5 rings (SSSR count). The lowest BCUT2D eigenvalue weighted by molar-refractivity contribution is -0.137. The summed E-state index contributed by atoms with van der Waals surface area (Å²) >= 11 is 0. The first-order valence-electron chi connectivity index (χ1n) is 11.2. The third kappa shape index (κ3) is 4.39. The molecule has 5 aromatic rings. The fourth-order valence-corrected chi connectivity index (χ4v) is 4.31. The molecule has 0 amide bonds. The molecule has 1 heterocycles. The number of rotatable bonds is 5. The number of para-hydroxylation sites is 1. The van der Waals surface area contributed by atoms with Gasteiger partial charge in [0.05, 0.1) is 16.8 Å². The van der Waals surface area contributed by atoms with Gasteiger partial charge in [-0.25, -0.2) is 0 Å². The number of halogens is 3. The number of benzene rings is 4. The highest BCUT2D eigenvalue weighted by molar-refractivity contribution is 5.94. The number of pyridine rings is 1. The minimum Gasteiger partial charge on any atom is -0.305 e. The molecule has 0 aliphatic rings. The van der Waals surface area contributed by atoms with Gasteiger partial charge in [-0.2, -0.15) is 13.2 Å². The molecule has 0 aliphatic carbocycles. The van der Waals surface area contributed by atoms with Gasteiger partial charge in [0.25, 0.3) is 0 Å². The Morgan fingerprint density at radius 1 is 0.794 bits per heavy atom. The first-order valence-corrected chi connectivity index (χ1v) is 11.2. The van der Waals surface area contributed by atoms with E-state index in [2.05, 4.69) is 42.6 Å². The van der Waals surface area contributed by atoms with Crippen molar-refractivity contribution >= 4 is 21.7 Å². The van der Waals surface area contributed by atoms with E-state index >= 15 is 0 Å². The van der Waals surface area contributed by atoms with Crippen molar-refractivity contribution in [2.24, 2.45) is 0 Å². The molecular weight excluding hydrogens is 433 g/mol. The second-order valence-electron chi connectivity index (χ2n) is 8.43. The first-order chi connectivity index (χ1) is 16.4. The molecule has 170 valence electrons. The molecule has 2 nitrogen and oxygen atoms in total. The summed E-state index contributed by atoms with van der Waals surface area (Å²) in [6, 6.07) is 29.5. The Kier molecular flexibility index (Phi) is 5.80. The number of alkyl halides is 3. The smallest absolute Gasteiger partial charge is 0.305 e. The Bertz CT molecular complexity index is 1450. The summed E-state index contributed by atoms with van der Waals surface area (Å²) in [6.07, 6.45) is -4.36. The number of hydrogen-bond donors (Lipinski definition) is 1. The van der Waals surface area contributed by atoms with Gasteiger partial charge in [-0.05, 0) is 58.7 Å². The zero-order valence-electron chi connectivity index (χ0n) is 18.6. The van der Waals surface area contributed by atoms with Crippen molar-refractivity contribution in [3.05, 3.63) is 114 Å². The number of aromatic nitrogens is 1. The zero-order valence-corrected chi connectivity index (χ0v) is 18.6. The standard InChI is InChI=1S/C29H23F3N2/c1-19(33-18-22-9-6-8-20-7-2-3-10-24(20)22)28-17-26(25-11-4-5-12-27(25)34-28)21-13-15-23(16-14-21)29(30,31)32/h2-17,19,33H,18H2,1H3. The Balaban J connectivity index is 1.48. The largest absolute Gasteiger partial charge is 0.416 e. The lowest BCUT2D eigenvalue weighted by Crippen LogP contribution is -2.19. The van der Waals surface area contributed by atoms with Crippen LogP contribution in [0.2, 0.25) is 0 Å². The summed E-state index contributed by atoms with van der Waals surface area (Å²) in [4.78, 5) is 4.85. The first kappa shape index (κ1) is 22.1. The van der Waals surface area contributed by atoms with Crippen molar-refractivity contribution in [3.8, 4) is 11.1 Å². The number of nitrogens with zero attached hydrogens (tertiary/aromatic N) is 1. The van der Waals surface area contributed by atoms with Crippen LogP contribution in [0.4, 0.5) is 13.2 Å². The summed E-state index contributed by atoms with van der Waals surface area (Å²) in [7, 11) is 0. The molecule has 0 spiro atoms. The maximum atomic E-state index is 13.0. The second kappa shape index (κ2) is 8.92. The quantitative estimate of drug-likeness (QED) is 0.290. The molecule has 1 aromatic heterocycles. The minimum atomic E-state index is -4.36. The lowest BCUT2D eigenvalue weighted by atomic mass is 9.97. The normalized spacial score (nSPS) is 12.8. The van der Waals surface area contributed by atoms with Crippen molar-refractivity contribution in [2.45, 2.75) is 25.7 Å². The predicted octanol–water partition coefficient (Wildman–Crippen LogP) is 7.92. The van der Waals surface area contributed by atoms with Gasteiger partial charge in [-0.1, -0.05) is 72.8 Å². The zero-order chi connectivity index (χ0) is 23.7. The van der Waals surface area contributed by atoms with E-state index in [1.807, 2.05) is 42.5 Å². The molecule has 0 aliphatic heterocycles. The van der Waals surface area contributed by atoms with Crippen LogP contribution in [0.3, 0.4) is 0 Å². The molecule has 0 saturated carbocycles. The summed E-state index contributed by atoms with van der Waals surface area (Å²) < 4.78 is 39.1. The summed E-state index contributed by atoms with van der Waals surface area (Å²) in [6.45, 7) is 2.73. The van der Waals surface area contributed by atoms with Crippen LogP contribution in [0.1, 0.15) is 29.8 Å². The highest BCUT2D eigenvalue weighted by Crippen LogP contribution is 2.34. The van der Waals surface area contributed by atoms with Crippen molar-refractivity contribution < 1.29 is 13.2 Å². The SMILES string of the molecule is CC(NCc1cccc2ccccc12)c1cc(-c2ccc(C(F)(F)F)cc2)c2ccccc2n1. The fourth-order valence-electron chi connectivity index (χ4n) is 4.31. The van der Waals surface area contributed by atoms with E-state index in [0.29, 0.717) is 6.54 Å². The Labute approximate surface area is 196 Å². The van der Waals surface area contributed by atoms with Crippen LogP contribution < -0.4 is 5.32 Å². The van der Waals surface area contributed by atoms with Crippen LogP contribution in [0.15, 0.2) is 97.1 Å². The van der Waals surface area contributed by atoms with Crippen molar-refractivity contribution in [2.75, 3.05) is 0 Å².